The van der Waals surface area contributed by atoms with Crippen LogP contribution in [-0.2, 0) is 14.3 Å². The smallest absolute Gasteiger partial charge is 0.318 e. The number of Topliss-reactive ketones (excluding diaryl/α,β-unsaturated/α-hetero) is 1. The Morgan fingerprint density at radius 3 is 2.55 bits per heavy atom. The Bertz CT molecular complexity index is 558. The quantitative estimate of drug-likeness (QED) is 0.619. The Labute approximate surface area is 129 Å². The number of hydrogen-bond donors (Lipinski definition) is 0. The lowest BCUT2D eigenvalue weighted by molar-refractivity contribution is -0.151. The summed E-state index contributed by atoms with van der Waals surface area (Å²) >= 11 is 0. The first kappa shape index (κ1) is 16.0. The van der Waals surface area contributed by atoms with E-state index in [1.54, 1.807) is 24.3 Å². The predicted molar refractivity (Wildman–Crippen MR) is 78.6 cm³/mol. The molecule has 1 saturated heterocycles. The summed E-state index contributed by atoms with van der Waals surface area (Å²) in [6.45, 7) is 2.83. The molecule has 1 amide bonds. The molecule has 0 N–H and O–H groups in total. The number of amides is 1. The summed E-state index contributed by atoms with van der Waals surface area (Å²) in [5.74, 6) is -1.16. The predicted octanol–water partition coefficient (Wildman–Crippen LogP) is 1.29. The highest BCUT2D eigenvalue weighted by molar-refractivity contribution is 6.02. The number of nitrogens with zero attached hydrogens (tertiary/aromatic N) is 1. The third kappa shape index (κ3) is 3.44. The number of benzene rings is 1. The fourth-order valence-corrected chi connectivity index (χ4v) is 2.41. The molecule has 1 aromatic rings. The average Bonchev–Trinajstić information content (AvgIpc) is 2.55. The van der Waals surface area contributed by atoms with E-state index in [0.717, 1.165) is 0 Å². The van der Waals surface area contributed by atoms with Gasteiger partial charge in [-0.1, -0.05) is 0 Å². The first-order valence-corrected chi connectivity index (χ1v) is 7.19. The SMILES string of the molecule is CCOc1ccc(C(=O)N2CCC(=O)C(C(=O)OC)C2)cc1. The van der Waals surface area contributed by atoms with Crippen molar-refractivity contribution in [2.75, 3.05) is 26.8 Å². The van der Waals surface area contributed by atoms with Crippen molar-refractivity contribution in [2.24, 2.45) is 5.92 Å². The van der Waals surface area contributed by atoms with Gasteiger partial charge in [0, 0.05) is 25.1 Å². The summed E-state index contributed by atoms with van der Waals surface area (Å²) in [7, 11) is 1.24. The molecule has 0 aromatic heterocycles. The Hall–Kier alpha value is -2.37. The van der Waals surface area contributed by atoms with Gasteiger partial charge in [-0.25, -0.2) is 0 Å². The molecule has 1 heterocycles. The highest BCUT2D eigenvalue weighted by atomic mass is 16.5. The van der Waals surface area contributed by atoms with Crippen molar-refractivity contribution in [3.8, 4) is 5.75 Å². The molecule has 0 aliphatic carbocycles. The van der Waals surface area contributed by atoms with E-state index in [0.29, 0.717) is 24.5 Å². The van der Waals surface area contributed by atoms with E-state index in [1.165, 1.54) is 12.0 Å². The van der Waals surface area contributed by atoms with Gasteiger partial charge in [-0.05, 0) is 31.2 Å². The van der Waals surface area contributed by atoms with Crippen LogP contribution in [0.1, 0.15) is 23.7 Å². The Morgan fingerprint density at radius 2 is 1.95 bits per heavy atom. The number of methoxy groups -OCH3 is 1. The van der Waals surface area contributed by atoms with Crippen molar-refractivity contribution in [3.05, 3.63) is 29.8 Å². The number of ketones is 1. The Kier molecular flexibility index (Phi) is 5.14. The zero-order valence-electron chi connectivity index (χ0n) is 12.7. The maximum Gasteiger partial charge on any atom is 0.318 e. The molecule has 1 aliphatic heterocycles. The van der Waals surface area contributed by atoms with Gasteiger partial charge in [0.1, 0.15) is 11.7 Å². The molecule has 118 valence electrons. The van der Waals surface area contributed by atoms with Gasteiger partial charge in [0.05, 0.1) is 13.7 Å². The summed E-state index contributed by atoms with van der Waals surface area (Å²) in [5.41, 5.74) is 0.501. The molecule has 1 unspecified atom stereocenters. The van der Waals surface area contributed by atoms with Gasteiger partial charge in [0.15, 0.2) is 5.78 Å². The molecule has 1 atom stereocenters. The minimum absolute atomic E-state index is 0.0670. The van der Waals surface area contributed by atoms with Crippen molar-refractivity contribution in [1.29, 1.82) is 0 Å². The van der Waals surface area contributed by atoms with Gasteiger partial charge in [0.2, 0.25) is 0 Å². The van der Waals surface area contributed by atoms with Crippen molar-refractivity contribution in [3.63, 3.8) is 0 Å². The Balaban J connectivity index is 2.08. The van der Waals surface area contributed by atoms with Gasteiger partial charge in [-0.15, -0.1) is 0 Å². The van der Waals surface area contributed by atoms with Crippen LogP contribution in [0.4, 0.5) is 0 Å². The summed E-state index contributed by atoms with van der Waals surface area (Å²) in [6.07, 6.45) is 0.169. The van der Waals surface area contributed by atoms with E-state index in [4.69, 9.17) is 4.74 Å². The van der Waals surface area contributed by atoms with Crippen LogP contribution < -0.4 is 4.74 Å². The molecule has 0 bridgehead atoms. The van der Waals surface area contributed by atoms with Crippen molar-refractivity contribution < 1.29 is 23.9 Å². The van der Waals surface area contributed by atoms with Crippen molar-refractivity contribution in [2.45, 2.75) is 13.3 Å². The van der Waals surface area contributed by atoms with Crippen molar-refractivity contribution in [1.82, 2.24) is 4.90 Å². The molecule has 1 aromatic carbocycles. The van der Waals surface area contributed by atoms with Gasteiger partial charge < -0.3 is 14.4 Å². The zero-order chi connectivity index (χ0) is 16.1. The maximum atomic E-state index is 12.5. The van der Waals surface area contributed by atoms with Gasteiger partial charge >= 0.3 is 5.97 Å². The number of carbonyl (C=O) groups excluding carboxylic acids is 3. The van der Waals surface area contributed by atoms with E-state index < -0.39 is 11.9 Å². The minimum atomic E-state index is -0.884. The molecule has 0 spiro atoms. The van der Waals surface area contributed by atoms with E-state index in [9.17, 15) is 14.4 Å². The van der Waals surface area contributed by atoms with Crippen LogP contribution >= 0.6 is 0 Å². The first-order valence-electron chi connectivity index (χ1n) is 7.19. The van der Waals surface area contributed by atoms with Gasteiger partial charge in [-0.2, -0.15) is 0 Å². The average molecular weight is 305 g/mol. The fraction of sp³-hybridized carbons (Fsp3) is 0.438. The second kappa shape index (κ2) is 7.06. The molecule has 6 nitrogen and oxygen atoms in total. The van der Waals surface area contributed by atoms with Crippen LogP contribution in [0, 0.1) is 5.92 Å². The number of rotatable bonds is 4. The van der Waals surface area contributed by atoms with Gasteiger partial charge in [-0.3, -0.25) is 14.4 Å². The zero-order valence-corrected chi connectivity index (χ0v) is 12.7. The molecule has 0 saturated carbocycles. The minimum Gasteiger partial charge on any atom is -0.494 e. The lowest BCUT2D eigenvalue weighted by atomic mass is 9.96. The van der Waals surface area contributed by atoms with Crippen molar-refractivity contribution >= 4 is 17.7 Å². The summed E-state index contributed by atoms with van der Waals surface area (Å²) in [4.78, 5) is 37.3. The summed E-state index contributed by atoms with van der Waals surface area (Å²) in [5, 5.41) is 0. The molecule has 22 heavy (non-hydrogen) atoms. The monoisotopic (exact) mass is 305 g/mol. The first-order chi connectivity index (χ1) is 10.6. The number of likely N-dealkylation sites (tertiary alicyclic amines) is 1. The number of hydrogen-bond acceptors (Lipinski definition) is 5. The molecule has 1 aliphatic rings. The number of piperidine rings is 1. The third-order valence-electron chi connectivity index (χ3n) is 3.60. The topological polar surface area (TPSA) is 72.9 Å². The number of ether oxygens (including phenoxy) is 2. The molecule has 6 heteroatoms. The van der Waals surface area contributed by atoms with Crippen LogP contribution in [0.25, 0.3) is 0 Å². The molecular weight excluding hydrogens is 286 g/mol. The van der Waals surface area contributed by atoms with Crippen LogP contribution in [0.3, 0.4) is 0 Å². The fourth-order valence-electron chi connectivity index (χ4n) is 2.41. The second-order valence-corrected chi connectivity index (χ2v) is 5.00. The molecule has 1 fully saturated rings. The van der Waals surface area contributed by atoms with Crippen LogP contribution in [0.5, 0.6) is 5.75 Å². The maximum absolute atomic E-state index is 12.5. The number of esters is 1. The highest BCUT2D eigenvalue weighted by Crippen LogP contribution is 2.19. The molecule has 0 radical (unpaired) electrons. The normalized spacial score (nSPS) is 18.0. The van der Waals surface area contributed by atoms with E-state index in [-0.39, 0.29) is 24.7 Å². The lowest BCUT2D eigenvalue weighted by Gasteiger charge is -2.30. The summed E-state index contributed by atoms with van der Waals surface area (Å²) in [6, 6.07) is 6.81. The summed E-state index contributed by atoms with van der Waals surface area (Å²) < 4.78 is 9.95. The third-order valence-corrected chi connectivity index (χ3v) is 3.60. The lowest BCUT2D eigenvalue weighted by Crippen LogP contribution is -2.47. The Morgan fingerprint density at radius 1 is 1.27 bits per heavy atom. The van der Waals surface area contributed by atoms with E-state index >= 15 is 0 Å². The number of carbonyl (C=O) groups is 3. The van der Waals surface area contributed by atoms with E-state index in [1.807, 2.05) is 6.92 Å². The van der Waals surface area contributed by atoms with Crippen LogP contribution in [-0.4, -0.2) is 49.4 Å². The molecule has 2 rings (SSSR count). The standard InChI is InChI=1S/C16H19NO5/c1-3-22-12-6-4-11(5-7-12)15(19)17-9-8-14(18)13(10-17)16(20)21-2/h4-7,13H,3,8-10H2,1-2H3. The largest absolute Gasteiger partial charge is 0.494 e. The van der Waals surface area contributed by atoms with Crippen LogP contribution in [0.2, 0.25) is 0 Å². The molecular formula is C16H19NO5. The second-order valence-electron chi connectivity index (χ2n) is 5.00. The highest BCUT2D eigenvalue weighted by Gasteiger charge is 2.35. The van der Waals surface area contributed by atoms with E-state index in [2.05, 4.69) is 4.74 Å². The van der Waals surface area contributed by atoms with Gasteiger partial charge in [0.25, 0.3) is 5.91 Å². The van der Waals surface area contributed by atoms with Crippen LogP contribution in [0.15, 0.2) is 24.3 Å².